The second-order valence-corrected chi connectivity index (χ2v) is 28.1. The molecule has 15 aromatic carbocycles. The zero-order chi connectivity index (χ0) is 65.1. The number of rotatable bonds is 11. The van der Waals surface area contributed by atoms with Crippen LogP contribution in [0.2, 0.25) is 0 Å². The van der Waals surface area contributed by atoms with Gasteiger partial charge in [0.15, 0.2) is 0 Å². The second kappa shape index (κ2) is 23.3. The van der Waals surface area contributed by atoms with Crippen LogP contribution < -0.4 is 62.0 Å². The molecule has 16 aromatic rings. The summed E-state index contributed by atoms with van der Waals surface area (Å²) in [7, 11) is 0. The van der Waals surface area contributed by atoms with E-state index in [-0.39, 0.29) is 27.9 Å². The Bertz CT molecular complexity index is 5800. The maximum atomic E-state index is 8.01. The minimum Gasteiger partial charge on any atom is -0.0616 e. The largest absolute Gasteiger partial charge is 0.0616 e. The van der Waals surface area contributed by atoms with Crippen LogP contribution in [-0.2, 0) is 0 Å². The summed E-state index contributed by atoms with van der Waals surface area (Å²) in [6.07, 6.45) is 0. The number of hydrogen-bond acceptors (Lipinski definition) is 6. The number of nitrogens with zero attached hydrogens (tertiary/aromatic N) is 5. The van der Waals surface area contributed by atoms with Crippen LogP contribution in [-0.4, -0.2) is 27.9 Å². The van der Waals surface area contributed by atoms with Crippen LogP contribution in [0.4, 0.5) is 85.3 Å². The molecule has 9 heteroatoms. The quantitative estimate of drug-likeness (QED) is 0.120. The first-order valence-electron chi connectivity index (χ1n) is 34.0. The van der Waals surface area contributed by atoms with Crippen LogP contribution in [0.1, 0.15) is 0 Å². The van der Waals surface area contributed by atoms with Crippen LogP contribution in [0.25, 0.3) is 41.5 Å². The van der Waals surface area contributed by atoms with Crippen molar-refractivity contribution >= 4 is 165 Å². The van der Waals surface area contributed by atoms with Crippen molar-refractivity contribution in [2.24, 2.45) is 0 Å². The smallest absolute Gasteiger partial charge is 0.0543 e. The van der Waals surface area contributed by atoms with Gasteiger partial charge in [-0.25, -0.2) is 0 Å². The molecule has 0 radical (unpaired) electrons. The van der Waals surface area contributed by atoms with Crippen LogP contribution >= 0.6 is 0 Å². The van der Waals surface area contributed by atoms with Crippen LogP contribution in [0.3, 0.4) is 0 Å². The Hall–Kier alpha value is -12.3. The van der Waals surface area contributed by atoms with E-state index in [9.17, 15) is 0 Å². The van der Waals surface area contributed by atoms with Crippen molar-refractivity contribution in [3.8, 4) is 33.8 Å². The summed E-state index contributed by atoms with van der Waals surface area (Å²) in [5.74, 6) is 1.63. The maximum absolute atomic E-state index is 8.01. The van der Waals surface area contributed by atoms with Gasteiger partial charge in [0.25, 0.3) is 0 Å². The molecule has 1 aromatic heterocycles. The van der Waals surface area contributed by atoms with Gasteiger partial charge in [0, 0.05) is 16.8 Å². The van der Waals surface area contributed by atoms with Gasteiger partial charge in [0.1, 0.15) is 0 Å². The molecule has 0 fully saturated rings. The van der Waals surface area contributed by atoms with Gasteiger partial charge in [-0.15, -0.1) is 0 Å². The Morgan fingerprint density at radius 1 is 0.263 bits per heavy atom. The number of anilines is 15. The zero-order valence-electron chi connectivity index (χ0n) is 53.8. The topological polar surface area (TPSA) is 25.4 Å². The Labute approximate surface area is 582 Å². The van der Waals surface area contributed by atoms with Gasteiger partial charge in [0.2, 0.25) is 0 Å². The van der Waals surface area contributed by atoms with Gasteiger partial charge in [-0.3, -0.25) is 0 Å². The third-order valence-electron chi connectivity index (χ3n) is 20.4. The molecule has 6 nitrogen and oxygen atoms in total. The summed E-state index contributed by atoms with van der Waals surface area (Å²) in [4.78, 5) is 12.5. The van der Waals surface area contributed by atoms with Crippen molar-refractivity contribution in [1.29, 1.82) is 0 Å². The van der Waals surface area contributed by atoms with E-state index in [0.717, 1.165) is 130 Å². The number of hydrogen-bond donors (Lipinski definition) is 0. The monoisotopic (exact) mass is 1330 g/mol. The third-order valence-corrected chi connectivity index (χ3v) is 22.8. The number of benzene rings is 15. The van der Waals surface area contributed by atoms with E-state index in [1.807, 2.05) is 0 Å². The molecular weight excluding hydrogens is 1270 g/mol. The fourth-order valence-electron chi connectivity index (χ4n) is 16.3. The van der Waals surface area contributed by atoms with Crippen molar-refractivity contribution in [2.75, 3.05) is 24.5 Å². The number of fused-ring (bicyclic) bond motifs is 11. The Balaban J connectivity index is 0.881. The molecule has 462 valence electrons. The molecule has 0 spiro atoms. The van der Waals surface area contributed by atoms with Crippen molar-refractivity contribution < 1.29 is 4.74 Å². The molecule has 99 heavy (non-hydrogen) atoms. The second-order valence-electron chi connectivity index (χ2n) is 25.9. The van der Waals surface area contributed by atoms with Crippen molar-refractivity contribution in [2.45, 2.75) is 0 Å². The molecule has 0 N–H and O–H groups in total. The predicted molar refractivity (Wildman–Crippen MR) is 419 cm³/mol. The fraction of sp³-hybridized carbons (Fsp3) is 0. The summed E-state index contributed by atoms with van der Waals surface area (Å²) in [6.45, 7) is -0.430. The van der Waals surface area contributed by atoms with E-state index in [1.54, 1.807) is 0 Å². The van der Waals surface area contributed by atoms with E-state index >= 15 is 0 Å². The molecule has 0 atom stereocenters. The molecule has 0 bridgehead atoms. The van der Waals surface area contributed by atoms with Crippen molar-refractivity contribution in [1.82, 2.24) is 0 Å². The molecule has 0 unspecified atom stereocenters. The van der Waals surface area contributed by atoms with Gasteiger partial charge in [-0.05, 0) is 35.4 Å². The summed E-state index contributed by atoms with van der Waals surface area (Å²) < 4.78 is 10.8. The molecule has 4 aliphatic rings. The van der Waals surface area contributed by atoms with E-state index in [4.69, 9.17) is 4.74 Å². The first kappa shape index (κ1) is 57.0. The fourth-order valence-corrected chi connectivity index (χ4v) is 18.7. The number of para-hydroxylation sites is 8. The number of ether oxygens (including phenoxy) is 1. The molecule has 0 saturated heterocycles. The van der Waals surface area contributed by atoms with Gasteiger partial charge < -0.3 is 0 Å². The first-order chi connectivity index (χ1) is 49.1. The molecular formula is C90H59B2N5OSe. The van der Waals surface area contributed by atoms with Crippen molar-refractivity contribution in [3.05, 3.63) is 358 Å². The van der Waals surface area contributed by atoms with Crippen LogP contribution in [0, 0.1) is 0 Å². The van der Waals surface area contributed by atoms with Gasteiger partial charge >= 0.3 is 401 Å². The van der Waals surface area contributed by atoms with E-state index in [2.05, 4.69) is 382 Å². The third kappa shape index (κ3) is 9.20. The molecule has 0 aliphatic carbocycles. The molecule has 20 rings (SSSR count). The molecule has 0 saturated carbocycles. The predicted octanol–water partition coefficient (Wildman–Crippen LogP) is 19.8. The van der Waals surface area contributed by atoms with Gasteiger partial charge in [-0.1, -0.05) is 121 Å². The first-order valence-corrected chi connectivity index (χ1v) is 35.7. The summed E-state index contributed by atoms with van der Waals surface area (Å²) >= 11 is 0.0992. The zero-order valence-corrected chi connectivity index (χ0v) is 55.5. The van der Waals surface area contributed by atoms with Gasteiger partial charge in [0.05, 0.1) is 11.4 Å². The average Bonchev–Trinajstić information content (AvgIpc) is 1.03. The van der Waals surface area contributed by atoms with Crippen LogP contribution in [0.15, 0.2) is 358 Å². The standard InChI is InChI=1S/C90H59B2N5OSe/c1-7-29-60(30-8-1)69-41-19-24-46-77(69)94(64-37-15-5-16-38-64)68-55-84-90-86(56-68)98-85-59-81-75(58-76(85)92(90)74-45-23-27-49-80(74)97(84)78-47-25-20-42-70(78)61-31-9-2-10-32-61)91-73-44-22-26-48-79(73)95(65-39-17-6-18-40-65)82-53-67(93(62-33-11-3-12-34-62)63-35-13-4-14-36-63)54-83(89(82)91)96(81)66-51-52-72-71-43-21-28-50-87(71)99-88(72)57-66/h1-59H. The maximum Gasteiger partial charge on any atom is -0.0543 e. The van der Waals surface area contributed by atoms with E-state index in [1.165, 1.54) is 41.1 Å². The normalized spacial score (nSPS) is 12.8. The molecule has 0 amide bonds. The minimum atomic E-state index is -0.237. The average molecular weight is 1330 g/mol. The Morgan fingerprint density at radius 3 is 1.39 bits per heavy atom. The van der Waals surface area contributed by atoms with Gasteiger partial charge in [-0.2, -0.15) is 0 Å². The van der Waals surface area contributed by atoms with E-state index < -0.39 is 0 Å². The SMILES string of the molecule is c1ccc(-c2ccccc2N(c2ccccc2)c2cc3c4c(c2)N(c2ccccc2-c2ccccc2)c2ccccc2B4c2cc4c(cc2O3)N(c2ccc3c(c2)[se]c2ccccc23)c2cc(N(c3ccccc3)c3ccccc3)cc3c2B4c2ccccc2N3c2ccccc2)cc1. The molecule has 5 heterocycles. The summed E-state index contributed by atoms with van der Waals surface area (Å²) in [6, 6.07) is 132. The minimum absolute atomic E-state index is 0.0992. The van der Waals surface area contributed by atoms with Crippen molar-refractivity contribution in [3.63, 3.8) is 0 Å². The van der Waals surface area contributed by atoms with Crippen LogP contribution in [0.5, 0.6) is 11.5 Å². The van der Waals surface area contributed by atoms with E-state index in [0.29, 0.717) is 0 Å². The Kier molecular flexibility index (Phi) is 13.4. The summed E-state index contributed by atoms with van der Waals surface area (Å²) in [5.41, 5.74) is 27.9. The summed E-state index contributed by atoms with van der Waals surface area (Å²) in [5, 5.41) is 2.64. The molecule has 4 aliphatic heterocycles. The Morgan fingerprint density at radius 2 is 0.737 bits per heavy atom.